The zero-order chi connectivity index (χ0) is 17.1. The minimum Gasteiger partial charge on any atom is -0.337 e. The van der Waals surface area contributed by atoms with Crippen LogP contribution >= 0.6 is 11.3 Å². The molecule has 1 fully saturated rings. The molecule has 0 N–H and O–H groups in total. The van der Waals surface area contributed by atoms with E-state index in [-0.39, 0.29) is 5.91 Å². The van der Waals surface area contributed by atoms with E-state index in [1.165, 1.54) is 11.3 Å². The van der Waals surface area contributed by atoms with Gasteiger partial charge < -0.3 is 4.90 Å². The third kappa shape index (κ3) is 3.64. The molecule has 1 amide bonds. The summed E-state index contributed by atoms with van der Waals surface area (Å²) >= 11 is 1.53. The lowest BCUT2D eigenvalue weighted by Crippen LogP contribution is -2.39. The summed E-state index contributed by atoms with van der Waals surface area (Å²) in [7, 11) is 0. The Labute approximate surface area is 150 Å². The van der Waals surface area contributed by atoms with Crippen molar-refractivity contribution in [2.75, 3.05) is 13.1 Å². The molecule has 128 valence electrons. The second-order valence-electron chi connectivity index (χ2n) is 6.37. The Kier molecular flexibility index (Phi) is 4.61. The molecule has 1 saturated heterocycles. The monoisotopic (exact) mass is 352 g/mol. The van der Waals surface area contributed by atoms with Gasteiger partial charge in [0.05, 0.1) is 0 Å². The Bertz CT molecular complexity index is 820. The predicted molar refractivity (Wildman–Crippen MR) is 98.4 cm³/mol. The number of benzene rings is 1. The van der Waals surface area contributed by atoms with E-state index in [4.69, 9.17) is 0 Å². The van der Waals surface area contributed by atoms with Gasteiger partial charge in [0.15, 0.2) is 0 Å². The summed E-state index contributed by atoms with van der Waals surface area (Å²) in [5.74, 6) is 0.634. The molecule has 0 spiro atoms. The Balaban J connectivity index is 1.37. The van der Waals surface area contributed by atoms with Crippen LogP contribution in [-0.4, -0.2) is 38.7 Å². The van der Waals surface area contributed by atoms with Gasteiger partial charge in [0.1, 0.15) is 10.7 Å². The highest BCUT2D eigenvalue weighted by Crippen LogP contribution is 2.25. The van der Waals surface area contributed by atoms with Crippen molar-refractivity contribution in [1.82, 2.24) is 19.7 Å². The van der Waals surface area contributed by atoms with Gasteiger partial charge in [-0.3, -0.25) is 9.48 Å². The molecular formula is C19H20N4OS. The number of thiazole rings is 1. The molecule has 0 saturated carbocycles. The number of hydrogen-bond acceptors (Lipinski definition) is 4. The molecule has 0 atom stereocenters. The molecule has 0 unspecified atom stereocenters. The Hall–Kier alpha value is -2.47. The zero-order valence-electron chi connectivity index (χ0n) is 13.9. The molecule has 3 aromatic rings. The fraction of sp³-hybridized carbons (Fsp3) is 0.316. The van der Waals surface area contributed by atoms with E-state index >= 15 is 0 Å². The van der Waals surface area contributed by atoms with E-state index in [0.717, 1.165) is 43.0 Å². The lowest BCUT2D eigenvalue weighted by molar-refractivity contribution is 0.0676. The van der Waals surface area contributed by atoms with Gasteiger partial charge >= 0.3 is 0 Å². The van der Waals surface area contributed by atoms with Crippen molar-refractivity contribution in [2.45, 2.75) is 19.4 Å². The number of piperidine rings is 1. The highest BCUT2D eigenvalue weighted by molar-refractivity contribution is 7.13. The van der Waals surface area contributed by atoms with Gasteiger partial charge in [-0.1, -0.05) is 30.3 Å². The van der Waals surface area contributed by atoms with Crippen molar-refractivity contribution < 1.29 is 4.79 Å². The first-order chi connectivity index (χ1) is 12.3. The van der Waals surface area contributed by atoms with Crippen LogP contribution in [0.4, 0.5) is 0 Å². The third-order valence-corrected chi connectivity index (χ3v) is 5.54. The van der Waals surface area contributed by atoms with Crippen LogP contribution in [0.5, 0.6) is 0 Å². The molecule has 6 heteroatoms. The largest absolute Gasteiger partial charge is 0.337 e. The summed E-state index contributed by atoms with van der Waals surface area (Å²) in [6.45, 7) is 2.52. The number of hydrogen-bond donors (Lipinski definition) is 0. The van der Waals surface area contributed by atoms with Gasteiger partial charge in [-0.2, -0.15) is 5.10 Å². The van der Waals surface area contributed by atoms with E-state index in [9.17, 15) is 4.79 Å². The van der Waals surface area contributed by atoms with E-state index < -0.39 is 0 Å². The quantitative estimate of drug-likeness (QED) is 0.721. The number of likely N-dealkylation sites (tertiary alicyclic amines) is 1. The van der Waals surface area contributed by atoms with Crippen LogP contribution in [-0.2, 0) is 6.54 Å². The van der Waals surface area contributed by atoms with Gasteiger partial charge in [0, 0.05) is 43.0 Å². The number of amides is 1. The van der Waals surface area contributed by atoms with Crippen LogP contribution in [0.3, 0.4) is 0 Å². The van der Waals surface area contributed by atoms with Gasteiger partial charge in [0.25, 0.3) is 5.91 Å². The van der Waals surface area contributed by atoms with E-state index in [1.54, 1.807) is 0 Å². The molecule has 3 heterocycles. The molecule has 0 bridgehead atoms. The highest BCUT2D eigenvalue weighted by atomic mass is 32.1. The SMILES string of the molecule is O=C(c1csc(-c2ccccc2)n1)N1CCC(Cn2cccn2)CC1. The van der Waals surface area contributed by atoms with Crippen LogP contribution in [0.25, 0.3) is 10.6 Å². The minimum atomic E-state index is 0.0518. The number of rotatable bonds is 4. The van der Waals surface area contributed by atoms with Crippen molar-refractivity contribution in [2.24, 2.45) is 5.92 Å². The molecule has 1 aliphatic rings. The minimum absolute atomic E-state index is 0.0518. The number of carbonyl (C=O) groups excluding carboxylic acids is 1. The number of nitrogens with zero attached hydrogens (tertiary/aromatic N) is 4. The third-order valence-electron chi connectivity index (χ3n) is 4.65. The van der Waals surface area contributed by atoms with E-state index in [0.29, 0.717) is 11.6 Å². The van der Waals surface area contributed by atoms with Gasteiger partial charge in [-0.15, -0.1) is 11.3 Å². The Morgan fingerprint density at radius 2 is 1.96 bits per heavy atom. The second kappa shape index (κ2) is 7.19. The standard InChI is InChI=1S/C19H20N4OS/c24-19(17-14-25-18(21-17)16-5-2-1-3-6-16)22-11-7-15(8-12-22)13-23-10-4-9-20-23/h1-6,9-10,14-15H,7-8,11-13H2. The van der Waals surface area contributed by atoms with Crippen LogP contribution in [0.15, 0.2) is 54.2 Å². The van der Waals surface area contributed by atoms with Crippen molar-refractivity contribution in [3.8, 4) is 10.6 Å². The first kappa shape index (κ1) is 16.0. The number of carbonyl (C=O) groups is 1. The van der Waals surface area contributed by atoms with Crippen molar-refractivity contribution >= 4 is 17.2 Å². The lowest BCUT2D eigenvalue weighted by Gasteiger charge is -2.31. The Morgan fingerprint density at radius 1 is 1.16 bits per heavy atom. The first-order valence-corrected chi connectivity index (χ1v) is 9.45. The lowest BCUT2D eigenvalue weighted by atomic mass is 9.96. The predicted octanol–water partition coefficient (Wildman–Crippen LogP) is 3.56. The molecule has 5 nitrogen and oxygen atoms in total. The van der Waals surface area contributed by atoms with Gasteiger partial charge in [0.2, 0.25) is 0 Å². The summed E-state index contributed by atoms with van der Waals surface area (Å²) in [4.78, 5) is 19.2. The van der Waals surface area contributed by atoms with Gasteiger partial charge in [-0.25, -0.2) is 4.98 Å². The van der Waals surface area contributed by atoms with Crippen molar-refractivity contribution in [3.05, 3.63) is 59.9 Å². The fourth-order valence-corrected chi connectivity index (χ4v) is 4.04. The van der Waals surface area contributed by atoms with Crippen LogP contribution in [0.2, 0.25) is 0 Å². The zero-order valence-corrected chi connectivity index (χ0v) is 14.7. The molecule has 1 aliphatic heterocycles. The Morgan fingerprint density at radius 3 is 2.68 bits per heavy atom. The first-order valence-electron chi connectivity index (χ1n) is 8.57. The number of aromatic nitrogens is 3. The van der Waals surface area contributed by atoms with Crippen LogP contribution in [0.1, 0.15) is 23.3 Å². The molecule has 1 aromatic carbocycles. The maximum atomic E-state index is 12.7. The summed E-state index contributed by atoms with van der Waals surface area (Å²) in [6, 6.07) is 12.0. The topological polar surface area (TPSA) is 51.0 Å². The molecular weight excluding hydrogens is 332 g/mol. The maximum Gasteiger partial charge on any atom is 0.273 e. The molecule has 2 aromatic heterocycles. The second-order valence-corrected chi connectivity index (χ2v) is 7.23. The highest BCUT2D eigenvalue weighted by Gasteiger charge is 2.25. The average molecular weight is 352 g/mol. The summed E-state index contributed by atoms with van der Waals surface area (Å²) in [6.07, 6.45) is 5.84. The average Bonchev–Trinajstić information content (AvgIpc) is 3.34. The van der Waals surface area contributed by atoms with Crippen molar-refractivity contribution in [3.63, 3.8) is 0 Å². The fourth-order valence-electron chi connectivity index (χ4n) is 3.24. The summed E-state index contributed by atoms with van der Waals surface area (Å²) in [5, 5.41) is 7.05. The molecule has 0 aliphatic carbocycles. The maximum absolute atomic E-state index is 12.7. The summed E-state index contributed by atoms with van der Waals surface area (Å²) in [5.41, 5.74) is 1.62. The smallest absolute Gasteiger partial charge is 0.273 e. The van der Waals surface area contributed by atoms with Gasteiger partial charge in [-0.05, 0) is 24.8 Å². The molecule has 0 radical (unpaired) electrons. The summed E-state index contributed by atoms with van der Waals surface area (Å²) < 4.78 is 1.98. The molecule has 4 rings (SSSR count). The molecule has 25 heavy (non-hydrogen) atoms. The van der Waals surface area contributed by atoms with Crippen LogP contribution in [0, 0.1) is 5.92 Å². The van der Waals surface area contributed by atoms with E-state index in [2.05, 4.69) is 10.1 Å². The van der Waals surface area contributed by atoms with Crippen LogP contribution < -0.4 is 0 Å². The van der Waals surface area contributed by atoms with E-state index in [1.807, 2.05) is 63.8 Å². The normalized spacial score (nSPS) is 15.4. The van der Waals surface area contributed by atoms with Crippen molar-refractivity contribution in [1.29, 1.82) is 0 Å².